The highest BCUT2D eigenvalue weighted by Gasteiger charge is 2.32. The van der Waals surface area contributed by atoms with Gasteiger partial charge < -0.3 is 14.8 Å². The summed E-state index contributed by atoms with van der Waals surface area (Å²) in [7, 11) is 1.70. The zero-order chi connectivity index (χ0) is 17.2. The number of amides is 1. The molecule has 0 aromatic heterocycles. The highest BCUT2D eigenvalue weighted by Crippen LogP contribution is 2.29. The van der Waals surface area contributed by atoms with Gasteiger partial charge in [0.05, 0.1) is 17.6 Å². The van der Waals surface area contributed by atoms with Crippen LogP contribution in [0.15, 0.2) is 24.3 Å². The van der Waals surface area contributed by atoms with Gasteiger partial charge >= 0.3 is 0 Å². The lowest BCUT2D eigenvalue weighted by Crippen LogP contribution is -2.52. The highest BCUT2D eigenvalue weighted by atomic mass is 16.6. The summed E-state index contributed by atoms with van der Waals surface area (Å²) >= 11 is 0. The Morgan fingerprint density at radius 1 is 1.33 bits per heavy atom. The van der Waals surface area contributed by atoms with Crippen LogP contribution in [0.5, 0.6) is 5.75 Å². The highest BCUT2D eigenvalue weighted by molar-refractivity contribution is 5.79. The first kappa shape index (κ1) is 17.2. The van der Waals surface area contributed by atoms with E-state index in [-0.39, 0.29) is 23.5 Å². The maximum atomic E-state index is 11.5. The Balaban J connectivity index is 1.41. The fourth-order valence-corrected chi connectivity index (χ4v) is 3.40. The molecule has 2 heterocycles. The van der Waals surface area contributed by atoms with Gasteiger partial charge in [0.2, 0.25) is 5.91 Å². The number of carbonyl (C=O) groups is 1. The average Bonchev–Trinajstić information content (AvgIpc) is 2.88. The van der Waals surface area contributed by atoms with Crippen LogP contribution in [-0.2, 0) is 16.1 Å². The maximum absolute atomic E-state index is 11.5. The number of hydrogen-bond acceptors (Lipinski definition) is 4. The van der Waals surface area contributed by atoms with E-state index in [2.05, 4.69) is 36.2 Å². The molecule has 1 aromatic carbocycles. The second-order valence-corrected chi connectivity index (χ2v) is 7.50. The number of benzene rings is 1. The molecule has 0 spiro atoms. The molecular formula is C19H28N2O3. The molecule has 24 heavy (non-hydrogen) atoms. The van der Waals surface area contributed by atoms with Gasteiger partial charge in [-0.1, -0.05) is 12.1 Å². The molecule has 132 valence electrons. The minimum absolute atomic E-state index is 0.0123. The van der Waals surface area contributed by atoms with Gasteiger partial charge in [-0.15, -0.1) is 0 Å². The van der Waals surface area contributed by atoms with Crippen molar-refractivity contribution in [2.45, 2.75) is 44.9 Å². The van der Waals surface area contributed by atoms with Gasteiger partial charge in [0, 0.05) is 26.7 Å². The second-order valence-electron chi connectivity index (χ2n) is 7.50. The molecule has 2 saturated heterocycles. The minimum Gasteiger partial charge on any atom is -0.491 e. The largest absolute Gasteiger partial charge is 0.491 e. The topological polar surface area (TPSA) is 50.8 Å². The summed E-state index contributed by atoms with van der Waals surface area (Å²) in [6.07, 6.45) is 2.35. The summed E-state index contributed by atoms with van der Waals surface area (Å²) in [5.74, 6) is 1.18. The van der Waals surface area contributed by atoms with Crippen LogP contribution in [0.1, 0.15) is 32.3 Å². The molecule has 2 fully saturated rings. The van der Waals surface area contributed by atoms with E-state index in [9.17, 15) is 4.79 Å². The van der Waals surface area contributed by atoms with Crippen molar-refractivity contribution in [3.05, 3.63) is 29.8 Å². The molecule has 1 N–H and O–H groups in total. The summed E-state index contributed by atoms with van der Waals surface area (Å²) in [6, 6.07) is 8.24. The van der Waals surface area contributed by atoms with Crippen molar-refractivity contribution >= 4 is 5.91 Å². The molecule has 5 heteroatoms. The fourth-order valence-electron chi connectivity index (χ4n) is 3.40. The fraction of sp³-hybridized carbons (Fsp3) is 0.632. The number of ether oxygens (including phenoxy) is 2. The maximum Gasteiger partial charge on any atom is 0.225 e. The number of likely N-dealkylation sites (tertiary alicyclic amines) is 1. The molecule has 0 bridgehead atoms. The summed E-state index contributed by atoms with van der Waals surface area (Å²) < 4.78 is 11.8. The lowest BCUT2D eigenvalue weighted by atomic mass is 9.98. The van der Waals surface area contributed by atoms with Crippen LogP contribution < -0.4 is 10.1 Å². The normalized spacial score (nSPS) is 23.7. The van der Waals surface area contributed by atoms with Gasteiger partial charge in [-0.05, 0) is 44.4 Å². The van der Waals surface area contributed by atoms with E-state index in [1.807, 2.05) is 12.1 Å². The predicted octanol–water partition coefficient (Wildman–Crippen LogP) is 2.20. The summed E-state index contributed by atoms with van der Waals surface area (Å²) in [5.41, 5.74) is 1.23. The first-order valence-electron chi connectivity index (χ1n) is 8.79. The SMILES string of the molecule is CNC(=O)C1CN(Cc2ccc(OCC3CCC(C)(C)O3)cc2)C1. The third kappa shape index (κ3) is 4.28. The molecule has 1 atom stereocenters. The van der Waals surface area contributed by atoms with Crippen molar-refractivity contribution in [2.24, 2.45) is 5.92 Å². The Hall–Kier alpha value is -1.59. The van der Waals surface area contributed by atoms with Gasteiger partial charge in [0.1, 0.15) is 12.4 Å². The van der Waals surface area contributed by atoms with Crippen LogP contribution in [0.4, 0.5) is 0 Å². The van der Waals surface area contributed by atoms with Crippen molar-refractivity contribution < 1.29 is 14.3 Å². The third-order valence-electron chi connectivity index (χ3n) is 4.89. The third-order valence-corrected chi connectivity index (χ3v) is 4.89. The molecule has 3 rings (SSSR count). The molecular weight excluding hydrogens is 304 g/mol. The lowest BCUT2D eigenvalue weighted by Gasteiger charge is -2.38. The second kappa shape index (κ2) is 7.11. The number of hydrogen-bond donors (Lipinski definition) is 1. The van der Waals surface area contributed by atoms with Gasteiger partial charge in [-0.25, -0.2) is 0 Å². The quantitative estimate of drug-likeness (QED) is 0.868. The summed E-state index contributed by atoms with van der Waals surface area (Å²) in [6.45, 7) is 7.44. The van der Waals surface area contributed by atoms with Crippen molar-refractivity contribution in [3.63, 3.8) is 0 Å². The van der Waals surface area contributed by atoms with Crippen LogP contribution in [0, 0.1) is 5.92 Å². The minimum atomic E-state index is -0.0123. The Morgan fingerprint density at radius 2 is 2.04 bits per heavy atom. The first-order chi connectivity index (χ1) is 11.4. The molecule has 1 aromatic rings. The average molecular weight is 332 g/mol. The Kier molecular flexibility index (Phi) is 5.11. The number of nitrogens with zero attached hydrogens (tertiary/aromatic N) is 1. The molecule has 0 saturated carbocycles. The molecule has 2 aliphatic heterocycles. The van der Waals surface area contributed by atoms with E-state index in [1.54, 1.807) is 7.05 Å². The predicted molar refractivity (Wildman–Crippen MR) is 93.0 cm³/mol. The van der Waals surface area contributed by atoms with Crippen molar-refractivity contribution in [2.75, 3.05) is 26.7 Å². The van der Waals surface area contributed by atoms with Gasteiger partial charge in [-0.3, -0.25) is 9.69 Å². The lowest BCUT2D eigenvalue weighted by molar-refractivity contribution is -0.129. The van der Waals surface area contributed by atoms with E-state index in [4.69, 9.17) is 9.47 Å². The van der Waals surface area contributed by atoms with Crippen LogP contribution in [-0.4, -0.2) is 49.3 Å². The number of nitrogens with one attached hydrogen (secondary N) is 1. The van der Waals surface area contributed by atoms with E-state index in [1.165, 1.54) is 5.56 Å². The molecule has 5 nitrogen and oxygen atoms in total. The molecule has 0 radical (unpaired) electrons. The zero-order valence-electron chi connectivity index (χ0n) is 14.9. The van der Waals surface area contributed by atoms with Gasteiger partial charge in [-0.2, -0.15) is 0 Å². The number of carbonyl (C=O) groups excluding carboxylic acids is 1. The van der Waals surface area contributed by atoms with Crippen LogP contribution >= 0.6 is 0 Å². The van der Waals surface area contributed by atoms with Crippen molar-refractivity contribution in [1.82, 2.24) is 10.2 Å². The summed E-state index contributed by atoms with van der Waals surface area (Å²) in [5, 5.41) is 2.71. The monoisotopic (exact) mass is 332 g/mol. The van der Waals surface area contributed by atoms with Crippen molar-refractivity contribution in [1.29, 1.82) is 0 Å². The van der Waals surface area contributed by atoms with Crippen LogP contribution in [0.25, 0.3) is 0 Å². The van der Waals surface area contributed by atoms with Crippen molar-refractivity contribution in [3.8, 4) is 5.75 Å². The van der Waals surface area contributed by atoms with Crippen LogP contribution in [0.3, 0.4) is 0 Å². The van der Waals surface area contributed by atoms with Gasteiger partial charge in [0.25, 0.3) is 0 Å². The standard InChI is InChI=1S/C19H28N2O3/c1-19(2)9-8-17(24-19)13-23-16-6-4-14(5-7-16)10-21-11-15(12-21)18(22)20-3/h4-7,15,17H,8-13H2,1-3H3,(H,20,22). The molecule has 0 aliphatic carbocycles. The van der Waals surface area contributed by atoms with E-state index >= 15 is 0 Å². The van der Waals surface area contributed by atoms with Crippen LogP contribution in [0.2, 0.25) is 0 Å². The first-order valence-corrected chi connectivity index (χ1v) is 8.79. The van der Waals surface area contributed by atoms with E-state index in [0.717, 1.165) is 38.2 Å². The van der Waals surface area contributed by atoms with Gasteiger partial charge in [0.15, 0.2) is 0 Å². The zero-order valence-corrected chi connectivity index (χ0v) is 14.9. The Labute approximate surface area is 144 Å². The number of rotatable bonds is 6. The Bertz CT molecular complexity index is 564. The molecule has 1 unspecified atom stereocenters. The smallest absolute Gasteiger partial charge is 0.225 e. The summed E-state index contributed by atoms with van der Waals surface area (Å²) in [4.78, 5) is 13.8. The van der Waals surface area contributed by atoms with E-state index in [0.29, 0.717) is 6.61 Å². The molecule has 1 amide bonds. The Morgan fingerprint density at radius 3 is 2.62 bits per heavy atom. The van der Waals surface area contributed by atoms with E-state index < -0.39 is 0 Å². The molecule has 2 aliphatic rings.